The highest BCUT2D eigenvalue weighted by Crippen LogP contribution is 2.47. The summed E-state index contributed by atoms with van der Waals surface area (Å²) in [5.41, 5.74) is 6.37. The van der Waals surface area contributed by atoms with Gasteiger partial charge in [-0.3, -0.25) is 14.5 Å². The predicted molar refractivity (Wildman–Crippen MR) is 141 cm³/mol. The Bertz CT molecular complexity index is 1080. The van der Waals surface area contributed by atoms with E-state index in [9.17, 15) is 23.1 Å². The van der Waals surface area contributed by atoms with Crippen molar-refractivity contribution < 1.29 is 37.3 Å². The number of nitrogens with two attached hydrogens (primary N) is 1. The molecule has 12 nitrogen and oxygen atoms in total. The number of carboxylic acid groups (broad SMARTS) is 1. The van der Waals surface area contributed by atoms with E-state index in [1.807, 2.05) is 4.90 Å². The van der Waals surface area contributed by atoms with Gasteiger partial charge in [-0.25, -0.2) is 13.1 Å². The van der Waals surface area contributed by atoms with Crippen molar-refractivity contribution in [2.24, 2.45) is 11.7 Å². The summed E-state index contributed by atoms with van der Waals surface area (Å²) in [6.45, 7) is 4.09. The highest BCUT2D eigenvalue weighted by Gasteiger charge is 2.47. The van der Waals surface area contributed by atoms with Gasteiger partial charge in [-0.2, -0.15) is 0 Å². The number of ether oxygens (including phenoxy) is 3. The number of hydrogen-bond donors (Lipinski definition) is 3. The molecular weight excluding hydrogens is 516 g/mol. The lowest BCUT2D eigenvalue weighted by Gasteiger charge is -2.29. The first-order valence-electron chi connectivity index (χ1n) is 13.0. The van der Waals surface area contributed by atoms with Crippen molar-refractivity contribution in [3.8, 4) is 17.2 Å². The number of fused-ring (bicyclic) bond motifs is 1. The number of hydrogen-bond acceptors (Lipinski definition) is 9. The smallest absolute Gasteiger partial charge is 0.308 e. The summed E-state index contributed by atoms with van der Waals surface area (Å²) in [6.07, 6.45) is 3.75. The highest BCUT2D eigenvalue weighted by molar-refractivity contribution is 7.88. The van der Waals surface area contributed by atoms with Gasteiger partial charge in [0.15, 0.2) is 11.5 Å². The maximum Gasteiger partial charge on any atom is 0.308 e. The van der Waals surface area contributed by atoms with E-state index in [0.717, 1.165) is 19.1 Å². The number of benzene rings is 1. The van der Waals surface area contributed by atoms with E-state index in [0.29, 0.717) is 55.4 Å². The van der Waals surface area contributed by atoms with Crippen LogP contribution in [0.5, 0.6) is 17.2 Å². The minimum Gasteiger partial charge on any atom is -0.493 e. The highest BCUT2D eigenvalue weighted by atomic mass is 32.2. The minimum atomic E-state index is -3.46. The van der Waals surface area contributed by atoms with Gasteiger partial charge in [0.05, 0.1) is 25.8 Å². The molecule has 0 spiro atoms. The number of unbranched alkanes of at least 4 members (excludes halogenated alkanes) is 1. The van der Waals surface area contributed by atoms with Crippen LogP contribution in [0.25, 0.3) is 0 Å². The van der Waals surface area contributed by atoms with E-state index in [4.69, 9.17) is 19.9 Å². The van der Waals surface area contributed by atoms with Crippen molar-refractivity contribution >= 4 is 21.9 Å². The fraction of sp³-hybridized carbons (Fsp3) is 0.680. The molecule has 0 saturated carbocycles. The Labute approximate surface area is 224 Å². The van der Waals surface area contributed by atoms with Crippen molar-refractivity contribution in [3.05, 3.63) is 17.7 Å². The van der Waals surface area contributed by atoms with E-state index in [1.165, 1.54) is 7.11 Å². The molecule has 3 atom stereocenters. The average Bonchev–Trinajstić information content (AvgIpc) is 3.47. The van der Waals surface area contributed by atoms with Crippen LogP contribution in [0.4, 0.5) is 0 Å². The molecule has 214 valence electrons. The fourth-order valence-corrected chi connectivity index (χ4v) is 5.70. The van der Waals surface area contributed by atoms with Crippen molar-refractivity contribution in [1.82, 2.24) is 14.5 Å². The molecule has 38 heavy (non-hydrogen) atoms. The third kappa shape index (κ3) is 7.49. The summed E-state index contributed by atoms with van der Waals surface area (Å²) in [6, 6.07) is 2.94. The zero-order valence-corrected chi connectivity index (χ0v) is 23.2. The number of sulfonamides is 1. The molecule has 1 saturated heterocycles. The summed E-state index contributed by atoms with van der Waals surface area (Å²) >= 11 is 0. The van der Waals surface area contributed by atoms with E-state index in [2.05, 4.69) is 11.6 Å². The Hall–Kier alpha value is -2.61. The van der Waals surface area contributed by atoms with Gasteiger partial charge >= 0.3 is 5.97 Å². The average molecular weight is 557 g/mol. The van der Waals surface area contributed by atoms with Crippen LogP contribution in [-0.2, 0) is 19.6 Å². The third-order valence-corrected chi connectivity index (χ3v) is 7.78. The van der Waals surface area contributed by atoms with Gasteiger partial charge in [0.2, 0.25) is 28.5 Å². The van der Waals surface area contributed by atoms with Crippen molar-refractivity contribution in [3.63, 3.8) is 0 Å². The van der Waals surface area contributed by atoms with Gasteiger partial charge in [0, 0.05) is 38.1 Å². The molecule has 0 aromatic heterocycles. The second-order valence-corrected chi connectivity index (χ2v) is 11.6. The molecule has 2 aliphatic heterocycles. The van der Waals surface area contributed by atoms with Crippen LogP contribution in [0, 0.1) is 5.92 Å². The number of amides is 1. The Morgan fingerprint density at radius 3 is 2.63 bits per heavy atom. The van der Waals surface area contributed by atoms with Crippen LogP contribution in [0.3, 0.4) is 0 Å². The monoisotopic (exact) mass is 556 g/mol. The first-order chi connectivity index (χ1) is 18.1. The molecule has 0 radical (unpaired) electrons. The SMILES string of the molecule is CCCCN(CCCN)C(=O)CN1C[C@H](c2cc(OC)c3c(c2)OCO3)C(C(=O)O)[C@@H]1CCNS(C)(=O)=O. The molecule has 1 fully saturated rings. The molecule has 4 N–H and O–H groups in total. The zero-order chi connectivity index (χ0) is 27.9. The largest absolute Gasteiger partial charge is 0.493 e. The van der Waals surface area contributed by atoms with Crippen molar-refractivity contribution in [1.29, 1.82) is 0 Å². The van der Waals surface area contributed by atoms with Crippen LogP contribution >= 0.6 is 0 Å². The van der Waals surface area contributed by atoms with E-state index in [-0.39, 0.29) is 32.2 Å². The van der Waals surface area contributed by atoms with Gasteiger partial charge in [-0.15, -0.1) is 0 Å². The molecule has 1 aromatic carbocycles. The van der Waals surface area contributed by atoms with Gasteiger partial charge in [-0.1, -0.05) is 13.3 Å². The number of nitrogens with zero attached hydrogens (tertiary/aromatic N) is 2. The zero-order valence-electron chi connectivity index (χ0n) is 22.3. The molecular formula is C25H40N4O8S. The summed E-state index contributed by atoms with van der Waals surface area (Å²) < 4.78 is 42.3. The van der Waals surface area contributed by atoms with E-state index in [1.54, 1.807) is 17.0 Å². The molecule has 1 unspecified atom stereocenters. The first-order valence-corrected chi connectivity index (χ1v) is 14.9. The third-order valence-electron chi connectivity index (χ3n) is 7.05. The maximum absolute atomic E-state index is 13.4. The predicted octanol–water partition coefficient (Wildman–Crippen LogP) is 0.809. The minimum absolute atomic E-state index is 0.0276. The lowest BCUT2D eigenvalue weighted by Crippen LogP contribution is -2.45. The van der Waals surface area contributed by atoms with Gasteiger partial charge < -0.3 is 30.0 Å². The molecule has 1 aromatic rings. The number of carbonyl (C=O) groups is 2. The Morgan fingerprint density at radius 1 is 1.26 bits per heavy atom. The van der Waals surface area contributed by atoms with Gasteiger partial charge in [-0.05, 0) is 43.5 Å². The molecule has 2 aliphatic rings. The van der Waals surface area contributed by atoms with Crippen LogP contribution in [0.2, 0.25) is 0 Å². The second-order valence-electron chi connectivity index (χ2n) is 9.76. The Balaban J connectivity index is 1.92. The Kier molecular flexibility index (Phi) is 10.6. The number of rotatable bonds is 15. The molecule has 0 aliphatic carbocycles. The van der Waals surface area contributed by atoms with Gasteiger partial charge in [0.25, 0.3) is 0 Å². The summed E-state index contributed by atoms with van der Waals surface area (Å²) in [7, 11) is -1.96. The van der Waals surface area contributed by atoms with Crippen LogP contribution in [0.1, 0.15) is 44.1 Å². The van der Waals surface area contributed by atoms with Crippen LogP contribution < -0.4 is 24.7 Å². The van der Waals surface area contributed by atoms with E-state index < -0.39 is 33.9 Å². The normalized spacial score (nSPS) is 21.0. The first kappa shape index (κ1) is 29.9. The number of likely N-dealkylation sites (tertiary alicyclic amines) is 1. The fourth-order valence-electron chi connectivity index (χ4n) is 5.21. The topological polar surface area (TPSA) is 161 Å². The van der Waals surface area contributed by atoms with Gasteiger partial charge in [0.1, 0.15) is 0 Å². The molecule has 2 heterocycles. The van der Waals surface area contributed by atoms with E-state index >= 15 is 0 Å². The number of aliphatic carboxylic acids is 1. The maximum atomic E-state index is 13.4. The number of nitrogens with one attached hydrogen (secondary N) is 1. The Morgan fingerprint density at radius 2 is 2.00 bits per heavy atom. The second kappa shape index (κ2) is 13.5. The molecule has 1 amide bonds. The standard InChI is InChI=1S/C25H40N4O8S/c1-4-5-10-28(11-6-8-26)22(30)15-29-14-18(17-12-20(35-2)24-21(13-17)36-16-37-24)23(25(31)32)19(29)7-9-27-38(3,33)34/h12-13,18-19,23,27H,4-11,14-16,26H2,1-3H3,(H,31,32)/t18-,19+,23?/m1/s1. The molecule has 0 bridgehead atoms. The quantitative estimate of drug-likeness (QED) is 0.282. The number of carboxylic acids is 1. The molecule has 3 rings (SSSR count). The lowest BCUT2D eigenvalue weighted by atomic mass is 9.84. The molecule has 13 heteroatoms. The van der Waals surface area contributed by atoms with Crippen molar-refractivity contribution in [2.45, 2.75) is 44.6 Å². The van der Waals surface area contributed by atoms with Crippen LogP contribution in [-0.4, -0.2) is 101 Å². The summed E-state index contributed by atoms with van der Waals surface area (Å²) in [5, 5.41) is 10.3. The number of carbonyl (C=O) groups excluding carboxylic acids is 1. The van der Waals surface area contributed by atoms with Crippen LogP contribution in [0.15, 0.2) is 12.1 Å². The summed E-state index contributed by atoms with van der Waals surface area (Å²) in [4.78, 5) is 29.7. The van der Waals surface area contributed by atoms with Crippen molar-refractivity contribution in [2.75, 3.05) is 59.4 Å². The number of methoxy groups -OCH3 is 1. The lowest BCUT2D eigenvalue weighted by molar-refractivity contribution is -0.143. The summed E-state index contributed by atoms with van der Waals surface area (Å²) in [5.74, 6) is -1.11.